The molecule has 0 radical (unpaired) electrons. The average molecular weight is 280 g/mol. The maximum atomic E-state index is 9.21. The normalized spacial score (nSPS) is 10.4. The first-order valence-electron chi connectivity index (χ1n) is 6.15. The number of hydrogen-bond acceptors (Lipinski definition) is 4. The number of furan rings is 1. The number of rotatable bonds is 2. The maximum absolute atomic E-state index is 9.21. The second-order valence-corrected chi connectivity index (χ2v) is 5.46. The average Bonchev–Trinajstić information content (AvgIpc) is 3.03. The van der Waals surface area contributed by atoms with Gasteiger partial charge in [-0.25, -0.2) is 0 Å². The molecule has 0 unspecified atom stereocenters. The summed E-state index contributed by atoms with van der Waals surface area (Å²) >= 11 is 1.37. The molecule has 0 spiro atoms. The number of thiophene rings is 1. The minimum absolute atomic E-state index is 0.521. The third-order valence-corrected chi connectivity index (χ3v) is 4.20. The number of nitrogens with zero attached hydrogens (tertiary/aromatic N) is 1. The minimum atomic E-state index is 0.521. The quantitative estimate of drug-likeness (QED) is 0.755. The number of anilines is 1. The predicted octanol–water partition coefficient (Wildman–Crippen LogP) is 4.44. The van der Waals surface area contributed by atoms with Crippen molar-refractivity contribution in [1.82, 2.24) is 0 Å². The SMILES string of the molecule is Cc1ccc(-c2sc(C#N)c(N)c2-c2ccccc2)o1. The smallest absolute Gasteiger partial charge is 0.144 e. The number of hydrogen-bond donors (Lipinski definition) is 1. The zero-order valence-electron chi connectivity index (χ0n) is 10.9. The van der Waals surface area contributed by atoms with Gasteiger partial charge in [0.2, 0.25) is 0 Å². The predicted molar refractivity (Wildman–Crippen MR) is 81.3 cm³/mol. The molecule has 2 heterocycles. The van der Waals surface area contributed by atoms with E-state index in [1.165, 1.54) is 11.3 Å². The third-order valence-electron chi connectivity index (χ3n) is 3.07. The topological polar surface area (TPSA) is 63.0 Å². The second kappa shape index (κ2) is 4.87. The van der Waals surface area contributed by atoms with E-state index in [0.717, 1.165) is 27.5 Å². The molecule has 4 heteroatoms. The van der Waals surface area contributed by atoms with Gasteiger partial charge in [0.05, 0.1) is 10.6 Å². The van der Waals surface area contributed by atoms with Gasteiger partial charge in [-0.3, -0.25) is 0 Å². The van der Waals surface area contributed by atoms with Gasteiger partial charge in [-0.05, 0) is 24.6 Å². The number of nitrogens with two attached hydrogens (primary N) is 1. The second-order valence-electron chi connectivity index (χ2n) is 4.44. The fraction of sp³-hybridized carbons (Fsp3) is 0.0625. The van der Waals surface area contributed by atoms with Crippen molar-refractivity contribution in [3.8, 4) is 27.8 Å². The van der Waals surface area contributed by atoms with E-state index in [4.69, 9.17) is 10.2 Å². The van der Waals surface area contributed by atoms with Crippen molar-refractivity contribution in [2.45, 2.75) is 6.92 Å². The van der Waals surface area contributed by atoms with E-state index >= 15 is 0 Å². The van der Waals surface area contributed by atoms with Crippen LogP contribution in [0.15, 0.2) is 46.9 Å². The van der Waals surface area contributed by atoms with Gasteiger partial charge in [-0.1, -0.05) is 30.3 Å². The Labute approximate surface area is 120 Å². The molecule has 98 valence electrons. The largest absolute Gasteiger partial charge is 0.461 e. The lowest BCUT2D eigenvalue weighted by Gasteiger charge is -2.03. The van der Waals surface area contributed by atoms with Crippen LogP contribution in [-0.4, -0.2) is 0 Å². The Bertz CT molecular complexity index is 794. The standard InChI is InChI=1S/C16H12N2OS/c1-10-7-8-12(19-10)16-14(11-5-3-2-4-6-11)15(18)13(9-17)20-16/h2-8H,18H2,1H3. The van der Waals surface area contributed by atoms with E-state index in [2.05, 4.69) is 6.07 Å². The van der Waals surface area contributed by atoms with E-state index in [-0.39, 0.29) is 0 Å². The Morgan fingerprint density at radius 1 is 1.15 bits per heavy atom. The van der Waals surface area contributed by atoms with E-state index in [9.17, 15) is 5.26 Å². The van der Waals surface area contributed by atoms with Crippen molar-refractivity contribution in [3.63, 3.8) is 0 Å². The summed E-state index contributed by atoms with van der Waals surface area (Å²) in [5.41, 5.74) is 8.53. The molecule has 2 N–H and O–H groups in total. The molecule has 0 fully saturated rings. The van der Waals surface area contributed by atoms with Crippen LogP contribution >= 0.6 is 11.3 Å². The molecule has 1 aromatic carbocycles. The van der Waals surface area contributed by atoms with E-state index < -0.39 is 0 Å². The highest BCUT2D eigenvalue weighted by atomic mass is 32.1. The molecule has 0 bridgehead atoms. The molecular weight excluding hydrogens is 268 g/mol. The fourth-order valence-corrected chi connectivity index (χ4v) is 3.15. The fourth-order valence-electron chi connectivity index (χ4n) is 2.15. The molecule has 0 aliphatic carbocycles. The minimum Gasteiger partial charge on any atom is -0.461 e. The van der Waals surface area contributed by atoms with Crippen molar-refractivity contribution in [3.05, 3.63) is 53.1 Å². The van der Waals surface area contributed by atoms with Gasteiger partial charge in [-0.15, -0.1) is 11.3 Å². The molecule has 0 atom stereocenters. The van der Waals surface area contributed by atoms with E-state index in [1.54, 1.807) is 0 Å². The van der Waals surface area contributed by atoms with E-state index in [1.807, 2.05) is 49.4 Å². The molecule has 0 saturated carbocycles. The molecule has 3 aromatic rings. The van der Waals surface area contributed by atoms with Crippen LogP contribution in [0.1, 0.15) is 10.6 Å². The van der Waals surface area contributed by atoms with Crippen molar-refractivity contribution in [1.29, 1.82) is 5.26 Å². The summed E-state index contributed by atoms with van der Waals surface area (Å²) in [6.45, 7) is 1.90. The Hall–Kier alpha value is -2.51. The molecule has 0 aliphatic rings. The highest BCUT2D eigenvalue weighted by Gasteiger charge is 2.20. The van der Waals surface area contributed by atoms with Gasteiger partial charge >= 0.3 is 0 Å². The third kappa shape index (κ3) is 1.98. The van der Waals surface area contributed by atoms with Gasteiger partial charge in [0.15, 0.2) is 0 Å². The molecule has 3 rings (SSSR count). The van der Waals surface area contributed by atoms with Crippen molar-refractivity contribution >= 4 is 17.0 Å². The Kier molecular flexibility index (Phi) is 3.05. The van der Waals surface area contributed by atoms with Crippen LogP contribution in [-0.2, 0) is 0 Å². The molecule has 0 saturated heterocycles. The Balaban J connectivity index is 2.28. The van der Waals surface area contributed by atoms with Gasteiger partial charge in [0.1, 0.15) is 22.5 Å². The lowest BCUT2D eigenvalue weighted by atomic mass is 10.0. The van der Waals surface area contributed by atoms with Crippen molar-refractivity contribution in [2.75, 3.05) is 5.73 Å². The lowest BCUT2D eigenvalue weighted by molar-refractivity contribution is 0.550. The summed E-state index contributed by atoms with van der Waals surface area (Å²) in [6, 6.07) is 15.8. The van der Waals surface area contributed by atoms with Crippen molar-refractivity contribution in [2.24, 2.45) is 0 Å². The van der Waals surface area contributed by atoms with E-state index in [0.29, 0.717) is 10.6 Å². The summed E-state index contributed by atoms with van der Waals surface area (Å²) in [5.74, 6) is 1.59. The molecule has 2 aromatic heterocycles. The molecule has 3 nitrogen and oxygen atoms in total. The van der Waals surface area contributed by atoms with Crippen LogP contribution in [0, 0.1) is 18.3 Å². The zero-order chi connectivity index (χ0) is 14.1. The number of nitriles is 1. The first-order chi connectivity index (χ1) is 9.70. The summed E-state index contributed by atoms with van der Waals surface area (Å²) < 4.78 is 5.69. The monoisotopic (exact) mass is 280 g/mol. The summed E-state index contributed by atoms with van der Waals surface area (Å²) in [7, 11) is 0. The van der Waals surface area contributed by atoms with Gasteiger partial charge < -0.3 is 10.2 Å². The zero-order valence-corrected chi connectivity index (χ0v) is 11.7. The van der Waals surface area contributed by atoms with Gasteiger partial charge in [0.25, 0.3) is 0 Å². The van der Waals surface area contributed by atoms with Gasteiger partial charge in [0, 0.05) is 5.56 Å². The number of benzene rings is 1. The molecule has 0 aliphatic heterocycles. The highest BCUT2D eigenvalue weighted by Crippen LogP contribution is 2.45. The van der Waals surface area contributed by atoms with Crippen LogP contribution < -0.4 is 5.73 Å². The van der Waals surface area contributed by atoms with Crippen LogP contribution in [0.5, 0.6) is 0 Å². The lowest BCUT2D eigenvalue weighted by Crippen LogP contribution is -1.88. The van der Waals surface area contributed by atoms with Crippen LogP contribution in [0.2, 0.25) is 0 Å². The van der Waals surface area contributed by atoms with Crippen LogP contribution in [0.25, 0.3) is 21.8 Å². The van der Waals surface area contributed by atoms with Crippen LogP contribution in [0.4, 0.5) is 5.69 Å². The first-order valence-corrected chi connectivity index (χ1v) is 6.97. The summed E-state index contributed by atoms with van der Waals surface area (Å²) in [6.07, 6.45) is 0. The number of nitrogen functional groups attached to an aromatic ring is 1. The highest BCUT2D eigenvalue weighted by molar-refractivity contribution is 7.17. The maximum Gasteiger partial charge on any atom is 0.144 e. The summed E-state index contributed by atoms with van der Waals surface area (Å²) in [5, 5.41) is 9.21. The number of aryl methyl sites for hydroxylation is 1. The van der Waals surface area contributed by atoms with Crippen molar-refractivity contribution < 1.29 is 4.42 Å². The Morgan fingerprint density at radius 2 is 1.90 bits per heavy atom. The summed E-state index contributed by atoms with van der Waals surface area (Å²) in [4.78, 5) is 1.42. The van der Waals surface area contributed by atoms with Gasteiger partial charge in [-0.2, -0.15) is 5.26 Å². The molecule has 0 amide bonds. The molecular formula is C16H12N2OS. The Morgan fingerprint density at radius 3 is 2.50 bits per heavy atom. The van der Waals surface area contributed by atoms with Crippen LogP contribution in [0.3, 0.4) is 0 Å². The first kappa shape index (κ1) is 12.5. The molecule has 20 heavy (non-hydrogen) atoms.